The average Bonchev–Trinajstić information content (AvgIpc) is 2.17. The van der Waals surface area contributed by atoms with Gasteiger partial charge in [0.2, 0.25) is 0 Å². The Kier molecular flexibility index (Phi) is 3.00. The van der Waals surface area contributed by atoms with Gasteiger partial charge in [-0.1, -0.05) is 12.1 Å². The molecular weight excluding hydrogens is 170 g/mol. The number of nitrogens with two attached hydrogens (primary N) is 1. The summed E-state index contributed by atoms with van der Waals surface area (Å²) in [5, 5.41) is 17.4. The van der Waals surface area contributed by atoms with Gasteiger partial charge in [-0.25, -0.2) is 4.79 Å². The van der Waals surface area contributed by atoms with Gasteiger partial charge >= 0.3 is 5.97 Å². The van der Waals surface area contributed by atoms with Gasteiger partial charge in [0.1, 0.15) is 0 Å². The number of carbonyl (C=O) groups is 1. The summed E-state index contributed by atoms with van der Waals surface area (Å²) in [4.78, 5) is 10.6. The first-order chi connectivity index (χ1) is 6.15. The second-order valence-electron chi connectivity index (χ2n) is 2.72. The first-order valence-electron chi connectivity index (χ1n) is 3.85. The molecule has 0 aliphatic heterocycles. The van der Waals surface area contributed by atoms with Crippen LogP contribution in [-0.2, 0) is 0 Å². The summed E-state index contributed by atoms with van der Waals surface area (Å²) >= 11 is 0. The molecule has 1 aromatic carbocycles. The average molecular weight is 181 g/mol. The minimum Gasteiger partial charge on any atom is -0.478 e. The molecule has 0 heterocycles. The third-order valence-electron chi connectivity index (χ3n) is 1.76. The van der Waals surface area contributed by atoms with Gasteiger partial charge in [-0.05, 0) is 17.7 Å². The van der Waals surface area contributed by atoms with Crippen molar-refractivity contribution in [2.24, 2.45) is 5.73 Å². The van der Waals surface area contributed by atoms with E-state index in [9.17, 15) is 4.79 Å². The molecule has 0 spiro atoms. The maximum Gasteiger partial charge on any atom is 0.335 e. The maximum atomic E-state index is 10.6. The van der Waals surface area contributed by atoms with E-state index >= 15 is 0 Å². The second kappa shape index (κ2) is 4.02. The highest BCUT2D eigenvalue weighted by Crippen LogP contribution is 2.11. The third-order valence-corrected chi connectivity index (χ3v) is 1.76. The number of aliphatic hydroxyl groups excluding tert-OH is 1. The van der Waals surface area contributed by atoms with Crippen LogP contribution in [0.1, 0.15) is 22.0 Å². The molecule has 70 valence electrons. The molecule has 1 rings (SSSR count). The fourth-order valence-corrected chi connectivity index (χ4v) is 1.01. The van der Waals surface area contributed by atoms with Crippen molar-refractivity contribution in [2.45, 2.75) is 6.04 Å². The minimum absolute atomic E-state index is 0.182. The number of carboxylic acid groups (broad SMARTS) is 1. The van der Waals surface area contributed by atoms with E-state index in [0.29, 0.717) is 5.56 Å². The Bertz CT molecular complexity index is 311. The lowest BCUT2D eigenvalue weighted by molar-refractivity contribution is 0.0696. The molecule has 4 nitrogen and oxygen atoms in total. The van der Waals surface area contributed by atoms with Crippen LogP contribution in [0.5, 0.6) is 0 Å². The van der Waals surface area contributed by atoms with Gasteiger partial charge in [0.25, 0.3) is 0 Å². The summed E-state index contributed by atoms with van der Waals surface area (Å²) in [5.74, 6) is -0.994. The summed E-state index contributed by atoms with van der Waals surface area (Å²) in [6.07, 6.45) is 0. The number of hydrogen-bond acceptors (Lipinski definition) is 3. The van der Waals surface area contributed by atoms with Gasteiger partial charge in [-0.3, -0.25) is 0 Å². The molecule has 1 atom stereocenters. The number of aliphatic hydroxyl groups is 1. The van der Waals surface area contributed by atoms with E-state index < -0.39 is 12.0 Å². The highest BCUT2D eigenvalue weighted by Gasteiger charge is 2.07. The Hall–Kier alpha value is -1.39. The van der Waals surface area contributed by atoms with Crippen molar-refractivity contribution in [3.8, 4) is 0 Å². The highest BCUT2D eigenvalue weighted by atomic mass is 16.4. The molecular formula is C9H11NO3. The zero-order chi connectivity index (χ0) is 9.84. The van der Waals surface area contributed by atoms with E-state index in [-0.39, 0.29) is 12.2 Å². The van der Waals surface area contributed by atoms with Crippen molar-refractivity contribution in [3.63, 3.8) is 0 Å². The van der Waals surface area contributed by atoms with E-state index in [0.717, 1.165) is 0 Å². The van der Waals surface area contributed by atoms with Gasteiger partial charge in [0, 0.05) is 0 Å². The summed E-state index contributed by atoms with van der Waals surface area (Å²) in [5.41, 5.74) is 6.33. The SMILES string of the molecule is N[C@H](CO)c1cccc(C(=O)O)c1. The molecule has 0 bridgehead atoms. The van der Waals surface area contributed by atoms with Crippen LogP contribution in [0.4, 0.5) is 0 Å². The van der Waals surface area contributed by atoms with E-state index in [1.165, 1.54) is 12.1 Å². The Morgan fingerprint density at radius 2 is 2.23 bits per heavy atom. The Morgan fingerprint density at radius 3 is 2.77 bits per heavy atom. The van der Waals surface area contributed by atoms with Crippen molar-refractivity contribution in [3.05, 3.63) is 35.4 Å². The van der Waals surface area contributed by atoms with E-state index in [2.05, 4.69) is 0 Å². The molecule has 13 heavy (non-hydrogen) atoms. The topological polar surface area (TPSA) is 83.5 Å². The fourth-order valence-electron chi connectivity index (χ4n) is 1.01. The lowest BCUT2D eigenvalue weighted by Gasteiger charge is -2.08. The second-order valence-corrected chi connectivity index (χ2v) is 2.72. The van der Waals surface area contributed by atoms with Crippen LogP contribution in [0.2, 0.25) is 0 Å². The summed E-state index contributed by atoms with van der Waals surface area (Å²) < 4.78 is 0. The molecule has 0 fully saturated rings. The molecule has 0 aliphatic rings. The van der Waals surface area contributed by atoms with E-state index in [1.807, 2.05) is 0 Å². The van der Waals surface area contributed by atoms with Gasteiger partial charge in [0.05, 0.1) is 18.2 Å². The molecule has 0 radical (unpaired) electrons. The first-order valence-corrected chi connectivity index (χ1v) is 3.85. The Morgan fingerprint density at radius 1 is 1.54 bits per heavy atom. The van der Waals surface area contributed by atoms with Crippen molar-refractivity contribution >= 4 is 5.97 Å². The quantitative estimate of drug-likeness (QED) is 0.629. The van der Waals surface area contributed by atoms with E-state index in [4.69, 9.17) is 15.9 Å². The van der Waals surface area contributed by atoms with Crippen molar-refractivity contribution in [1.29, 1.82) is 0 Å². The van der Waals surface area contributed by atoms with Crippen molar-refractivity contribution < 1.29 is 15.0 Å². The zero-order valence-corrected chi connectivity index (χ0v) is 6.97. The normalized spacial score (nSPS) is 12.5. The Balaban J connectivity index is 2.98. The van der Waals surface area contributed by atoms with Crippen molar-refractivity contribution in [2.75, 3.05) is 6.61 Å². The lowest BCUT2D eigenvalue weighted by atomic mass is 10.1. The summed E-state index contributed by atoms with van der Waals surface area (Å²) in [6, 6.07) is 5.72. The van der Waals surface area contributed by atoms with Crippen LogP contribution in [0, 0.1) is 0 Å². The van der Waals surface area contributed by atoms with Crippen LogP contribution >= 0.6 is 0 Å². The largest absolute Gasteiger partial charge is 0.478 e. The lowest BCUT2D eigenvalue weighted by Crippen LogP contribution is -2.14. The number of benzene rings is 1. The van der Waals surface area contributed by atoms with Gasteiger partial charge in [-0.15, -0.1) is 0 Å². The van der Waals surface area contributed by atoms with Crippen LogP contribution in [-0.4, -0.2) is 22.8 Å². The molecule has 0 saturated heterocycles. The van der Waals surface area contributed by atoms with Gasteiger partial charge in [0.15, 0.2) is 0 Å². The van der Waals surface area contributed by atoms with Gasteiger partial charge < -0.3 is 15.9 Å². The number of hydrogen-bond donors (Lipinski definition) is 3. The Labute approximate surface area is 75.6 Å². The molecule has 0 amide bonds. The van der Waals surface area contributed by atoms with Crippen LogP contribution in [0.15, 0.2) is 24.3 Å². The number of carboxylic acids is 1. The molecule has 1 aromatic rings. The number of rotatable bonds is 3. The highest BCUT2D eigenvalue weighted by molar-refractivity contribution is 5.87. The monoisotopic (exact) mass is 181 g/mol. The predicted octanol–water partition coefficient (Wildman–Crippen LogP) is 0.377. The smallest absolute Gasteiger partial charge is 0.335 e. The minimum atomic E-state index is -0.994. The zero-order valence-electron chi connectivity index (χ0n) is 6.97. The molecule has 0 aromatic heterocycles. The van der Waals surface area contributed by atoms with E-state index in [1.54, 1.807) is 12.1 Å². The summed E-state index contributed by atoms with van der Waals surface area (Å²) in [6.45, 7) is -0.191. The molecule has 4 N–H and O–H groups in total. The molecule has 0 aliphatic carbocycles. The molecule has 4 heteroatoms. The first kappa shape index (κ1) is 9.70. The van der Waals surface area contributed by atoms with Crippen LogP contribution in [0.3, 0.4) is 0 Å². The summed E-state index contributed by atoms with van der Waals surface area (Å²) in [7, 11) is 0. The van der Waals surface area contributed by atoms with Gasteiger partial charge in [-0.2, -0.15) is 0 Å². The fraction of sp³-hybridized carbons (Fsp3) is 0.222. The van der Waals surface area contributed by atoms with Crippen LogP contribution in [0.25, 0.3) is 0 Å². The molecule has 0 unspecified atom stereocenters. The van der Waals surface area contributed by atoms with Crippen LogP contribution < -0.4 is 5.73 Å². The maximum absolute atomic E-state index is 10.6. The molecule has 0 saturated carbocycles. The third kappa shape index (κ3) is 2.27. The number of aromatic carboxylic acids is 1. The van der Waals surface area contributed by atoms with Crippen molar-refractivity contribution in [1.82, 2.24) is 0 Å². The standard InChI is InChI=1S/C9H11NO3/c10-8(5-11)6-2-1-3-7(4-6)9(12)13/h1-4,8,11H,5,10H2,(H,12,13)/t8-/m1/s1. The predicted molar refractivity (Wildman–Crippen MR) is 47.4 cm³/mol.